The molecule has 0 radical (unpaired) electrons. The molecular formula is C53H37N3. The lowest BCUT2D eigenvalue weighted by molar-refractivity contribution is 0.666. The molecule has 8 aromatic carbocycles. The molecule has 0 saturated carbocycles. The molecule has 1 aliphatic carbocycles. The van der Waals surface area contributed by atoms with E-state index in [1.54, 1.807) is 0 Å². The summed E-state index contributed by atoms with van der Waals surface area (Å²) in [5.74, 6) is 0.687. The third-order valence-corrected chi connectivity index (χ3v) is 11.7. The fourth-order valence-electron chi connectivity index (χ4n) is 9.20. The van der Waals surface area contributed by atoms with Crippen LogP contribution in [0.15, 0.2) is 188 Å². The third kappa shape index (κ3) is 4.98. The Balaban J connectivity index is 1.26. The minimum Gasteiger partial charge on any atom is -0.309 e. The molecule has 0 N–H and O–H groups in total. The second kappa shape index (κ2) is 12.5. The number of aromatic nitrogens is 3. The molecule has 2 heterocycles. The van der Waals surface area contributed by atoms with Crippen molar-refractivity contribution in [1.82, 2.24) is 14.5 Å². The molecule has 0 aliphatic heterocycles. The number of nitrogens with zero attached hydrogens (tertiary/aromatic N) is 3. The Morgan fingerprint density at radius 1 is 0.429 bits per heavy atom. The minimum absolute atomic E-state index is 0.174. The Hall–Kier alpha value is -7.10. The van der Waals surface area contributed by atoms with E-state index in [4.69, 9.17) is 9.97 Å². The van der Waals surface area contributed by atoms with Crippen LogP contribution in [0.5, 0.6) is 0 Å². The molecule has 0 spiro atoms. The molecule has 0 fully saturated rings. The van der Waals surface area contributed by atoms with Gasteiger partial charge in [0.15, 0.2) is 5.82 Å². The molecule has 0 unspecified atom stereocenters. The van der Waals surface area contributed by atoms with E-state index in [1.807, 2.05) is 12.1 Å². The number of para-hydroxylation sites is 2. The van der Waals surface area contributed by atoms with Crippen molar-refractivity contribution in [3.05, 3.63) is 199 Å². The third-order valence-electron chi connectivity index (χ3n) is 11.7. The van der Waals surface area contributed by atoms with E-state index < -0.39 is 0 Å². The van der Waals surface area contributed by atoms with Gasteiger partial charge in [0.1, 0.15) is 0 Å². The van der Waals surface area contributed by atoms with Crippen LogP contribution in [-0.4, -0.2) is 14.5 Å². The molecule has 3 heteroatoms. The Bertz CT molecular complexity index is 3040. The molecule has 56 heavy (non-hydrogen) atoms. The van der Waals surface area contributed by atoms with Gasteiger partial charge in [-0.25, -0.2) is 9.97 Å². The van der Waals surface area contributed by atoms with E-state index in [-0.39, 0.29) is 5.41 Å². The first-order valence-electron chi connectivity index (χ1n) is 19.3. The summed E-state index contributed by atoms with van der Waals surface area (Å²) in [5.41, 5.74) is 15.7. The quantitative estimate of drug-likeness (QED) is 0.178. The van der Waals surface area contributed by atoms with Crippen LogP contribution in [0.1, 0.15) is 25.0 Å². The molecule has 0 saturated heterocycles. The zero-order chi connectivity index (χ0) is 37.4. The molecule has 0 bridgehead atoms. The Kier molecular flexibility index (Phi) is 7.20. The Morgan fingerprint density at radius 3 is 1.62 bits per heavy atom. The van der Waals surface area contributed by atoms with E-state index in [9.17, 15) is 0 Å². The van der Waals surface area contributed by atoms with Gasteiger partial charge >= 0.3 is 0 Å². The average molecular weight is 716 g/mol. The first-order chi connectivity index (χ1) is 27.5. The molecule has 1 aliphatic rings. The molecule has 3 nitrogen and oxygen atoms in total. The predicted octanol–water partition coefficient (Wildman–Crippen LogP) is 13.7. The van der Waals surface area contributed by atoms with Crippen LogP contribution in [0.4, 0.5) is 0 Å². The van der Waals surface area contributed by atoms with Crippen LogP contribution in [0.2, 0.25) is 0 Å². The van der Waals surface area contributed by atoms with Crippen LogP contribution in [0, 0.1) is 0 Å². The SMILES string of the molecule is CC1(C)c2ccccc2-c2c(-c3cc(-c4nc(-c5ccccc5)cc(-c5ccccc5)n4)cc(-n4c5ccccc5c5ccccc54)c3)cc3ccccc3c21. The zero-order valence-corrected chi connectivity index (χ0v) is 31.2. The van der Waals surface area contributed by atoms with E-state index in [1.165, 1.54) is 49.4 Å². The van der Waals surface area contributed by atoms with Gasteiger partial charge in [0, 0.05) is 38.6 Å². The fraction of sp³-hybridized carbons (Fsp3) is 0.0566. The first-order valence-corrected chi connectivity index (χ1v) is 19.3. The summed E-state index contributed by atoms with van der Waals surface area (Å²) >= 11 is 0. The lowest BCUT2D eigenvalue weighted by Crippen LogP contribution is -2.15. The topological polar surface area (TPSA) is 30.7 Å². The van der Waals surface area contributed by atoms with Gasteiger partial charge in [-0.15, -0.1) is 0 Å². The van der Waals surface area contributed by atoms with Crippen molar-refractivity contribution < 1.29 is 0 Å². The normalized spacial score (nSPS) is 13.0. The monoisotopic (exact) mass is 715 g/mol. The second-order valence-electron chi connectivity index (χ2n) is 15.4. The van der Waals surface area contributed by atoms with E-state index in [0.717, 1.165) is 50.4 Å². The molecule has 10 aromatic rings. The van der Waals surface area contributed by atoms with Gasteiger partial charge in [-0.05, 0) is 86.6 Å². The van der Waals surface area contributed by atoms with Crippen LogP contribution < -0.4 is 0 Å². The van der Waals surface area contributed by atoms with E-state index >= 15 is 0 Å². The number of benzene rings is 8. The summed E-state index contributed by atoms with van der Waals surface area (Å²) in [5, 5.41) is 4.99. The minimum atomic E-state index is -0.174. The van der Waals surface area contributed by atoms with Crippen molar-refractivity contribution in [2.24, 2.45) is 0 Å². The van der Waals surface area contributed by atoms with Crippen molar-refractivity contribution in [3.8, 4) is 61.8 Å². The highest BCUT2D eigenvalue weighted by Gasteiger charge is 2.38. The number of hydrogen-bond donors (Lipinski definition) is 0. The number of hydrogen-bond acceptors (Lipinski definition) is 2. The lowest BCUT2D eigenvalue weighted by Gasteiger charge is -2.24. The van der Waals surface area contributed by atoms with Crippen LogP contribution >= 0.6 is 0 Å². The maximum Gasteiger partial charge on any atom is 0.160 e. The number of rotatable bonds is 5. The van der Waals surface area contributed by atoms with Gasteiger partial charge < -0.3 is 4.57 Å². The van der Waals surface area contributed by atoms with Crippen molar-refractivity contribution in [2.45, 2.75) is 19.3 Å². The molecule has 0 atom stereocenters. The highest BCUT2D eigenvalue weighted by Crippen LogP contribution is 2.55. The molecule has 2 aromatic heterocycles. The fourth-order valence-corrected chi connectivity index (χ4v) is 9.20. The van der Waals surface area contributed by atoms with Gasteiger partial charge in [-0.2, -0.15) is 0 Å². The summed E-state index contributed by atoms with van der Waals surface area (Å²) in [6, 6.07) is 67.6. The lowest BCUT2D eigenvalue weighted by atomic mass is 9.79. The summed E-state index contributed by atoms with van der Waals surface area (Å²) in [6.07, 6.45) is 0. The number of fused-ring (bicyclic) bond motifs is 8. The molecular weight excluding hydrogens is 679 g/mol. The largest absolute Gasteiger partial charge is 0.309 e. The van der Waals surface area contributed by atoms with Crippen molar-refractivity contribution in [2.75, 3.05) is 0 Å². The Morgan fingerprint density at radius 2 is 0.964 bits per heavy atom. The Labute approximate surface area is 326 Å². The van der Waals surface area contributed by atoms with Crippen molar-refractivity contribution in [3.63, 3.8) is 0 Å². The molecule has 11 rings (SSSR count). The average Bonchev–Trinajstić information content (AvgIpc) is 3.72. The smallest absolute Gasteiger partial charge is 0.160 e. The summed E-state index contributed by atoms with van der Waals surface area (Å²) in [4.78, 5) is 10.7. The first kappa shape index (κ1) is 32.3. The standard InChI is InChI=1S/C53H37N3/c1-53(2)45-26-14-11-25-43(45)50-44(32-36-21-9-10-22-40(36)51(50)53)37-29-38(31-39(30-37)56-48-27-15-12-23-41(48)42-24-13-16-28-49(42)56)52-54-46(34-17-5-3-6-18-34)33-47(55-52)35-19-7-4-8-20-35/h3-33H,1-2H3. The highest BCUT2D eigenvalue weighted by molar-refractivity contribution is 6.10. The molecule has 0 amide bonds. The van der Waals surface area contributed by atoms with Gasteiger partial charge in [0.2, 0.25) is 0 Å². The van der Waals surface area contributed by atoms with Crippen LogP contribution in [0.25, 0.3) is 94.4 Å². The predicted molar refractivity (Wildman–Crippen MR) is 233 cm³/mol. The van der Waals surface area contributed by atoms with Crippen LogP contribution in [0.3, 0.4) is 0 Å². The van der Waals surface area contributed by atoms with E-state index in [2.05, 4.69) is 194 Å². The second-order valence-corrected chi connectivity index (χ2v) is 15.4. The van der Waals surface area contributed by atoms with Gasteiger partial charge in [-0.1, -0.05) is 159 Å². The zero-order valence-electron chi connectivity index (χ0n) is 31.2. The van der Waals surface area contributed by atoms with E-state index in [0.29, 0.717) is 5.82 Å². The summed E-state index contributed by atoms with van der Waals surface area (Å²) < 4.78 is 2.41. The maximum atomic E-state index is 5.34. The van der Waals surface area contributed by atoms with Gasteiger partial charge in [0.25, 0.3) is 0 Å². The highest BCUT2D eigenvalue weighted by atomic mass is 15.0. The van der Waals surface area contributed by atoms with Crippen molar-refractivity contribution in [1.29, 1.82) is 0 Å². The van der Waals surface area contributed by atoms with Gasteiger partial charge in [0.05, 0.1) is 22.4 Å². The summed E-state index contributed by atoms with van der Waals surface area (Å²) in [6.45, 7) is 4.75. The van der Waals surface area contributed by atoms with Gasteiger partial charge in [-0.3, -0.25) is 0 Å². The summed E-state index contributed by atoms with van der Waals surface area (Å²) in [7, 11) is 0. The molecule has 264 valence electrons. The van der Waals surface area contributed by atoms with Crippen LogP contribution in [-0.2, 0) is 5.41 Å². The van der Waals surface area contributed by atoms with Crippen molar-refractivity contribution >= 4 is 32.6 Å². The maximum absolute atomic E-state index is 5.34.